The Morgan fingerprint density at radius 1 is 1.00 bits per heavy atom. The van der Waals surface area contributed by atoms with Crippen molar-refractivity contribution >= 4 is 21.7 Å². The number of methoxy groups -OCH3 is 2. The fraction of sp³-hybridized carbons (Fsp3) is 0.316. The van der Waals surface area contributed by atoms with Crippen molar-refractivity contribution in [2.45, 2.75) is 30.6 Å². The van der Waals surface area contributed by atoms with Crippen molar-refractivity contribution < 1.29 is 22.7 Å². The van der Waals surface area contributed by atoms with Gasteiger partial charge in [-0.3, -0.25) is 4.72 Å². The summed E-state index contributed by atoms with van der Waals surface area (Å²) in [7, 11) is -1.06. The van der Waals surface area contributed by atoms with E-state index in [9.17, 15) is 13.2 Å². The van der Waals surface area contributed by atoms with E-state index >= 15 is 0 Å². The Morgan fingerprint density at radius 2 is 1.62 bits per heavy atom. The number of hydrogen-bond donors (Lipinski definition) is 1. The molecule has 2 aromatic rings. The number of hydrogen-bond acceptors (Lipinski definition) is 5. The van der Waals surface area contributed by atoms with Crippen LogP contribution in [0.2, 0.25) is 0 Å². The minimum atomic E-state index is -3.82. The van der Waals surface area contributed by atoms with Gasteiger partial charge in [-0.05, 0) is 73.2 Å². The molecular weight excluding hydrogens is 354 g/mol. The molecule has 0 aromatic heterocycles. The monoisotopic (exact) mass is 375 g/mol. The topological polar surface area (TPSA) is 81.7 Å². The average Bonchev–Trinajstić information content (AvgIpc) is 2.66. The van der Waals surface area contributed by atoms with Crippen LogP contribution in [0.1, 0.15) is 34.3 Å². The molecule has 0 fully saturated rings. The smallest absolute Gasteiger partial charge is 0.337 e. The number of ether oxygens (including phenoxy) is 2. The first kappa shape index (κ1) is 18.3. The molecule has 2 aromatic carbocycles. The first-order valence-corrected chi connectivity index (χ1v) is 9.84. The number of carbonyl (C=O) groups is 1. The Labute approximate surface area is 153 Å². The van der Waals surface area contributed by atoms with Crippen molar-refractivity contribution in [1.29, 1.82) is 0 Å². The summed E-state index contributed by atoms with van der Waals surface area (Å²) >= 11 is 0. The van der Waals surface area contributed by atoms with Crippen molar-refractivity contribution in [1.82, 2.24) is 0 Å². The highest BCUT2D eigenvalue weighted by atomic mass is 32.2. The average molecular weight is 375 g/mol. The van der Waals surface area contributed by atoms with E-state index in [4.69, 9.17) is 4.74 Å². The van der Waals surface area contributed by atoms with Crippen molar-refractivity contribution in [3.63, 3.8) is 0 Å². The molecule has 3 rings (SSSR count). The van der Waals surface area contributed by atoms with Gasteiger partial charge in [0.2, 0.25) is 0 Å². The van der Waals surface area contributed by atoms with Gasteiger partial charge in [0, 0.05) is 5.69 Å². The summed E-state index contributed by atoms with van der Waals surface area (Å²) in [6.45, 7) is 0. The number of aryl methyl sites for hydroxylation is 2. The first-order valence-electron chi connectivity index (χ1n) is 8.35. The summed E-state index contributed by atoms with van der Waals surface area (Å²) in [4.78, 5) is 11.6. The number of nitrogens with one attached hydrogen (secondary N) is 1. The third-order valence-electron chi connectivity index (χ3n) is 4.48. The second-order valence-electron chi connectivity index (χ2n) is 6.15. The van der Waals surface area contributed by atoms with Crippen LogP contribution in [-0.4, -0.2) is 28.6 Å². The lowest BCUT2D eigenvalue weighted by atomic mass is 9.92. The normalized spacial score (nSPS) is 13.6. The fourth-order valence-corrected chi connectivity index (χ4v) is 4.37. The predicted molar refractivity (Wildman–Crippen MR) is 98.2 cm³/mol. The van der Waals surface area contributed by atoms with E-state index in [0.29, 0.717) is 17.0 Å². The molecule has 0 atom stereocenters. The lowest BCUT2D eigenvalue weighted by Crippen LogP contribution is -2.16. The molecule has 138 valence electrons. The van der Waals surface area contributed by atoms with Gasteiger partial charge in [0.1, 0.15) is 10.6 Å². The van der Waals surface area contributed by atoms with Crippen LogP contribution < -0.4 is 9.46 Å². The number of esters is 1. The first-order chi connectivity index (χ1) is 12.4. The van der Waals surface area contributed by atoms with Gasteiger partial charge in [-0.25, -0.2) is 13.2 Å². The van der Waals surface area contributed by atoms with E-state index in [1.54, 1.807) is 6.07 Å². The zero-order valence-corrected chi connectivity index (χ0v) is 15.6. The Bertz CT molecular complexity index is 920. The van der Waals surface area contributed by atoms with Crippen LogP contribution in [0.15, 0.2) is 41.3 Å². The van der Waals surface area contributed by atoms with Gasteiger partial charge < -0.3 is 9.47 Å². The van der Waals surface area contributed by atoms with E-state index in [1.807, 2.05) is 6.07 Å². The molecule has 0 radical (unpaired) electrons. The van der Waals surface area contributed by atoms with Crippen LogP contribution in [0.3, 0.4) is 0 Å². The van der Waals surface area contributed by atoms with E-state index < -0.39 is 16.0 Å². The summed E-state index contributed by atoms with van der Waals surface area (Å²) in [6, 6.07) is 9.59. The maximum Gasteiger partial charge on any atom is 0.337 e. The zero-order chi connectivity index (χ0) is 18.7. The van der Waals surface area contributed by atoms with Crippen molar-refractivity contribution in [2.75, 3.05) is 18.9 Å². The van der Waals surface area contributed by atoms with Gasteiger partial charge in [-0.2, -0.15) is 0 Å². The SMILES string of the molecule is COC(=O)c1ccc(NS(=O)(=O)c2cc3c(cc2OC)CCCC3)cc1. The van der Waals surface area contributed by atoms with Gasteiger partial charge in [0.05, 0.1) is 19.8 Å². The Hall–Kier alpha value is -2.54. The standard InChI is InChI=1S/C19H21NO5S/c1-24-17-11-14-5-3-4-6-15(14)12-18(17)26(22,23)20-16-9-7-13(8-10-16)19(21)25-2/h7-12,20H,3-6H2,1-2H3. The predicted octanol–water partition coefficient (Wildman–Crippen LogP) is 3.16. The number of rotatable bonds is 5. The highest BCUT2D eigenvalue weighted by molar-refractivity contribution is 7.92. The molecule has 0 aliphatic heterocycles. The zero-order valence-electron chi connectivity index (χ0n) is 14.7. The third kappa shape index (κ3) is 3.67. The van der Waals surface area contributed by atoms with Crippen LogP contribution in [0.25, 0.3) is 0 Å². The summed E-state index contributed by atoms with van der Waals surface area (Å²) in [5, 5.41) is 0. The van der Waals surface area contributed by atoms with Gasteiger partial charge in [0.25, 0.3) is 10.0 Å². The number of benzene rings is 2. The summed E-state index contributed by atoms with van der Waals surface area (Å²) in [5.41, 5.74) is 2.91. The second-order valence-corrected chi connectivity index (χ2v) is 7.80. The highest BCUT2D eigenvalue weighted by Crippen LogP contribution is 2.33. The highest BCUT2D eigenvalue weighted by Gasteiger charge is 2.23. The summed E-state index contributed by atoms with van der Waals surface area (Å²) in [5.74, 6) is -0.139. The van der Waals surface area contributed by atoms with Crippen LogP contribution >= 0.6 is 0 Å². The molecule has 26 heavy (non-hydrogen) atoms. The lowest BCUT2D eigenvalue weighted by molar-refractivity contribution is 0.0601. The Kier molecular flexibility index (Phi) is 5.18. The van der Waals surface area contributed by atoms with E-state index in [0.717, 1.165) is 36.8 Å². The third-order valence-corrected chi connectivity index (χ3v) is 5.88. The molecule has 0 bridgehead atoms. The maximum atomic E-state index is 12.9. The van der Waals surface area contributed by atoms with Crippen LogP contribution in [0, 0.1) is 0 Å². The molecule has 0 amide bonds. The van der Waals surface area contributed by atoms with Gasteiger partial charge in [-0.15, -0.1) is 0 Å². The quantitative estimate of drug-likeness (QED) is 0.812. The number of carbonyl (C=O) groups excluding carboxylic acids is 1. The molecule has 1 aliphatic rings. The van der Waals surface area contributed by atoms with Crippen LogP contribution in [0.4, 0.5) is 5.69 Å². The van der Waals surface area contributed by atoms with E-state index in [1.165, 1.54) is 38.5 Å². The minimum absolute atomic E-state index is 0.123. The summed E-state index contributed by atoms with van der Waals surface area (Å²) in [6.07, 6.45) is 3.97. The molecule has 1 N–H and O–H groups in total. The van der Waals surface area contributed by atoms with E-state index in [2.05, 4.69) is 9.46 Å². The molecule has 0 heterocycles. The van der Waals surface area contributed by atoms with E-state index in [-0.39, 0.29) is 4.90 Å². The second kappa shape index (κ2) is 7.37. The largest absolute Gasteiger partial charge is 0.495 e. The van der Waals surface area contributed by atoms with Crippen molar-refractivity contribution in [2.24, 2.45) is 0 Å². The molecule has 0 saturated carbocycles. The summed E-state index contributed by atoms with van der Waals surface area (Å²) < 4.78 is 38.2. The number of anilines is 1. The van der Waals surface area contributed by atoms with Crippen molar-refractivity contribution in [3.8, 4) is 5.75 Å². The molecule has 7 heteroatoms. The molecule has 1 aliphatic carbocycles. The minimum Gasteiger partial charge on any atom is -0.495 e. The lowest BCUT2D eigenvalue weighted by Gasteiger charge is -2.19. The molecule has 0 unspecified atom stereocenters. The van der Waals surface area contributed by atoms with Crippen molar-refractivity contribution in [3.05, 3.63) is 53.1 Å². The van der Waals surface area contributed by atoms with Gasteiger partial charge in [0.15, 0.2) is 0 Å². The number of fused-ring (bicyclic) bond motifs is 1. The van der Waals surface area contributed by atoms with Gasteiger partial charge in [-0.1, -0.05) is 0 Å². The molecule has 6 nitrogen and oxygen atoms in total. The van der Waals surface area contributed by atoms with Crippen LogP contribution in [0.5, 0.6) is 5.75 Å². The number of sulfonamides is 1. The molecule has 0 saturated heterocycles. The molecular formula is C19H21NO5S. The maximum absolute atomic E-state index is 12.9. The Balaban J connectivity index is 1.91. The van der Waals surface area contributed by atoms with Gasteiger partial charge >= 0.3 is 5.97 Å². The van der Waals surface area contributed by atoms with Crippen LogP contribution in [-0.2, 0) is 27.6 Å². The molecule has 0 spiro atoms. The Morgan fingerprint density at radius 3 is 2.19 bits per heavy atom. The fourth-order valence-electron chi connectivity index (χ4n) is 3.11.